The normalized spacial score (nSPS) is 11.1. The van der Waals surface area contributed by atoms with Crippen molar-refractivity contribution in [2.24, 2.45) is 5.14 Å². The summed E-state index contributed by atoms with van der Waals surface area (Å²) in [5, 5.41) is 7.90. The number of carbonyl (C=O) groups is 1. The van der Waals surface area contributed by atoms with Gasteiger partial charge < -0.3 is 5.32 Å². The maximum absolute atomic E-state index is 11.8. The Bertz CT molecular complexity index is 760. The smallest absolute Gasteiger partial charge is 0.270 e. The number of benzene rings is 1. The molecular formula is C13H12ClN3O3S. The third-order valence-corrected chi connectivity index (χ3v) is 3.79. The Hall–Kier alpha value is -1.96. The molecule has 2 rings (SSSR count). The van der Waals surface area contributed by atoms with Crippen molar-refractivity contribution >= 4 is 27.5 Å². The number of carbonyl (C=O) groups excluding carboxylic acids is 1. The first-order chi connectivity index (χ1) is 9.86. The lowest BCUT2D eigenvalue weighted by Crippen LogP contribution is -2.23. The van der Waals surface area contributed by atoms with Gasteiger partial charge in [-0.3, -0.25) is 4.79 Å². The van der Waals surface area contributed by atoms with Gasteiger partial charge in [-0.1, -0.05) is 29.8 Å². The molecule has 0 fully saturated rings. The van der Waals surface area contributed by atoms with Gasteiger partial charge in [0.05, 0.1) is 4.90 Å². The van der Waals surface area contributed by atoms with Crippen LogP contribution in [-0.4, -0.2) is 19.3 Å². The van der Waals surface area contributed by atoms with Gasteiger partial charge >= 0.3 is 0 Å². The van der Waals surface area contributed by atoms with Crippen molar-refractivity contribution in [1.29, 1.82) is 0 Å². The number of nitrogens with zero attached hydrogens (tertiary/aromatic N) is 1. The van der Waals surface area contributed by atoms with E-state index in [1.165, 1.54) is 12.1 Å². The molecule has 8 heteroatoms. The highest BCUT2D eigenvalue weighted by Gasteiger charge is 2.09. The van der Waals surface area contributed by atoms with Crippen LogP contribution < -0.4 is 10.5 Å². The summed E-state index contributed by atoms with van der Waals surface area (Å²) in [4.78, 5) is 15.8. The average Bonchev–Trinajstić information content (AvgIpc) is 2.44. The number of nitrogens with two attached hydrogens (primary N) is 1. The van der Waals surface area contributed by atoms with Gasteiger partial charge in [0.25, 0.3) is 5.91 Å². The van der Waals surface area contributed by atoms with E-state index in [4.69, 9.17) is 16.7 Å². The van der Waals surface area contributed by atoms with E-state index in [0.29, 0.717) is 0 Å². The van der Waals surface area contributed by atoms with Crippen LogP contribution in [-0.2, 0) is 16.6 Å². The van der Waals surface area contributed by atoms with Crippen LogP contribution in [0.25, 0.3) is 0 Å². The second-order valence-electron chi connectivity index (χ2n) is 4.22. The summed E-state index contributed by atoms with van der Waals surface area (Å²) in [6.45, 7) is 0.234. The molecule has 0 atom stereocenters. The lowest BCUT2D eigenvalue weighted by atomic mass is 10.2. The second-order valence-corrected chi connectivity index (χ2v) is 6.17. The largest absolute Gasteiger partial charge is 0.347 e. The molecule has 0 aliphatic rings. The monoisotopic (exact) mass is 325 g/mol. The summed E-state index contributed by atoms with van der Waals surface area (Å²) < 4.78 is 22.2. The number of aromatic nitrogens is 1. The molecule has 1 aromatic carbocycles. The highest BCUT2D eigenvalue weighted by atomic mass is 35.5. The molecule has 2 aromatic rings. The van der Waals surface area contributed by atoms with Crippen molar-refractivity contribution in [1.82, 2.24) is 10.3 Å². The number of primary sulfonamides is 1. The number of hydrogen-bond acceptors (Lipinski definition) is 4. The topological polar surface area (TPSA) is 102 Å². The summed E-state index contributed by atoms with van der Waals surface area (Å²) in [5.41, 5.74) is 0.946. The van der Waals surface area contributed by atoms with Gasteiger partial charge in [-0.2, -0.15) is 0 Å². The molecule has 0 saturated heterocycles. The lowest BCUT2D eigenvalue weighted by molar-refractivity contribution is 0.0946. The Morgan fingerprint density at radius 2 is 1.86 bits per heavy atom. The minimum Gasteiger partial charge on any atom is -0.347 e. The van der Waals surface area contributed by atoms with Gasteiger partial charge in [-0.25, -0.2) is 18.5 Å². The van der Waals surface area contributed by atoms with Crippen LogP contribution in [0.2, 0.25) is 5.15 Å². The van der Waals surface area contributed by atoms with Crippen LogP contribution in [0.4, 0.5) is 0 Å². The van der Waals surface area contributed by atoms with Gasteiger partial charge in [-0.15, -0.1) is 0 Å². The number of nitrogens with one attached hydrogen (secondary N) is 1. The molecule has 0 saturated carbocycles. The number of sulfonamides is 1. The predicted octanol–water partition coefficient (Wildman–Crippen LogP) is 1.31. The van der Waals surface area contributed by atoms with Crippen LogP contribution in [0, 0.1) is 0 Å². The molecule has 1 amide bonds. The number of amides is 1. The Labute approximate surface area is 127 Å². The Balaban J connectivity index is 2.02. The minimum atomic E-state index is -3.71. The van der Waals surface area contributed by atoms with E-state index in [1.807, 2.05) is 0 Å². The van der Waals surface area contributed by atoms with Gasteiger partial charge in [0.15, 0.2) is 0 Å². The highest BCUT2D eigenvalue weighted by molar-refractivity contribution is 7.89. The molecule has 0 unspecified atom stereocenters. The van der Waals surface area contributed by atoms with Crippen molar-refractivity contribution in [3.05, 3.63) is 58.9 Å². The summed E-state index contributed by atoms with van der Waals surface area (Å²) in [6, 6.07) is 10.7. The van der Waals surface area contributed by atoms with E-state index in [0.717, 1.165) is 5.56 Å². The number of pyridine rings is 1. The van der Waals surface area contributed by atoms with Crippen molar-refractivity contribution in [3.8, 4) is 0 Å². The zero-order valence-electron chi connectivity index (χ0n) is 10.8. The molecule has 110 valence electrons. The highest BCUT2D eigenvalue weighted by Crippen LogP contribution is 2.09. The molecule has 3 N–H and O–H groups in total. The van der Waals surface area contributed by atoms with Crippen LogP contribution in [0.5, 0.6) is 0 Å². The predicted molar refractivity (Wildman–Crippen MR) is 78.2 cm³/mol. The Morgan fingerprint density at radius 1 is 1.19 bits per heavy atom. The van der Waals surface area contributed by atoms with E-state index >= 15 is 0 Å². The van der Waals surface area contributed by atoms with Crippen molar-refractivity contribution in [2.75, 3.05) is 0 Å². The van der Waals surface area contributed by atoms with Gasteiger partial charge in [0.1, 0.15) is 10.8 Å². The van der Waals surface area contributed by atoms with Crippen molar-refractivity contribution < 1.29 is 13.2 Å². The third-order valence-electron chi connectivity index (χ3n) is 2.65. The molecule has 0 radical (unpaired) electrons. The molecule has 1 aromatic heterocycles. The zero-order valence-corrected chi connectivity index (χ0v) is 12.4. The molecular weight excluding hydrogens is 314 g/mol. The van der Waals surface area contributed by atoms with E-state index in [2.05, 4.69) is 10.3 Å². The molecule has 0 spiro atoms. The van der Waals surface area contributed by atoms with Gasteiger partial charge in [0, 0.05) is 6.54 Å². The van der Waals surface area contributed by atoms with Crippen LogP contribution in [0.15, 0.2) is 47.4 Å². The van der Waals surface area contributed by atoms with Crippen LogP contribution in [0.1, 0.15) is 16.1 Å². The minimum absolute atomic E-state index is 0.0223. The van der Waals surface area contributed by atoms with Gasteiger partial charge in [-0.05, 0) is 29.8 Å². The summed E-state index contributed by atoms with van der Waals surface area (Å²) >= 11 is 5.71. The van der Waals surface area contributed by atoms with E-state index in [-0.39, 0.29) is 28.2 Å². The van der Waals surface area contributed by atoms with E-state index in [9.17, 15) is 13.2 Å². The second kappa shape index (κ2) is 6.21. The molecule has 21 heavy (non-hydrogen) atoms. The van der Waals surface area contributed by atoms with Crippen LogP contribution in [0.3, 0.4) is 0 Å². The quantitative estimate of drug-likeness (QED) is 0.827. The Morgan fingerprint density at radius 3 is 2.43 bits per heavy atom. The summed E-state index contributed by atoms with van der Waals surface area (Å²) in [6.07, 6.45) is 0. The first-order valence-electron chi connectivity index (χ1n) is 5.89. The van der Waals surface area contributed by atoms with E-state index < -0.39 is 10.0 Å². The molecule has 0 aliphatic heterocycles. The molecule has 0 aliphatic carbocycles. The fraction of sp³-hybridized carbons (Fsp3) is 0.0769. The number of halogens is 1. The SMILES string of the molecule is NS(=O)(=O)c1ccc(CNC(=O)c2cccc(Cl)n2)cc1. The Kier molecular flexibility index (Phi) is 4.56. The summed E-state index contributed by atoms with van der Waals surface area (Å²) in [7, 11) is -3.71. The first kappa shape index (κ1) is 15.4. The first-order valence-corrected chi connectivity index (χ1v) is 7.81. The molecule has 6 nitrogen and oxygen atoms in total. The summed E-state index contributed by atoms with van der Waals surface area (Å²) in [5.74, 6) is -0.368. The number of hydrogen-bond donors (Lipinski definition) is 2. The standard InChI is InChI=1S/C13H12ClN3O3S/c14-12-3-1-2-11(17-12)13(18)16-8-9-4-6-10(7-5-9)21(15,19)20/h1-7H,8H2,(H,16,18)(H2,15,19,20). The maximum atomic E-state index is 11.8. The van der Waals surface area contributed by atoms with Crippen molar-refractivity contribution in [2.45, 2.75) is 11.4 Å². The van der Waals surface area contributed by atoms with Crippen LogP contribution >= 0.6 is 11.6 Å². The average molecular weight is 326 g/mol. The van der Waals surface area contributed by atoms with Crippen molar-refractivity contribution in [3.63, 3.8) is 0 Å². The number of rotatable bonds is 4. The fourth-order valence-corrected chi connectivity index (χ4v) is 2.28. The third kappa shape index (κ3) is 4.25. The zero-order chi connectivity index (χ0) is 15.5. The van der Waals surface area contributed by atoms with E-state index in [1.54, 1.807) is 30.3 Å². The lowest BCUT2D eigenvalue weighted by Gasteiger charge is -2.06. The maximum Gasteiger partial charge on any atom is 0.270 e. The molecule has 1 heterocycles. The fourth-order valence-electron chi connectivity index (χ4n) is 1.60. The molecule has 0 bridgehead atoms. The van der Waals surface area contributed by atoms with Gasteiger partial charge in [0.2, 0.25) is 10.0 Å².